The van der Waals surface area contributed by atoms with Crippen molar-refractivity contribution in [2.75, 3.05) is 21.1 Å². The highest BCUT2D eigenvalue weighted by Gasteiger charge is 2.24. The van der Waals surface area contributed by atoms with E-state index in [4.69, 9.17) is 0 Å². The van der Waals surface area contributed by atoms with E-state index >= 15 is 0 Å². The SMILES string of the molecule is CC.CC.CC(Sc1ccc(O)c(C(C)(C)C)c1)Sc1cc(C(C)C)c(O)c(C(C)(C)C)c1.CN(C)C. The molecule has 0 bridgehead atoms. The van der Waals surface area contributed by atoms with Gasteiger partial charge < -0.3 is 15.1 Å². The fraction of sp³-hybridized carbons (Fsp3) is 0.625. The van der Waals surface area contributed by atoms with E-state index in [0.717, 1.165) is 21.6 Å². The van der Waals surface area contributed by atoms with Crippen molar-refractivity contribution in [1.29, 1.82) is 0 Å². The summed E-state index contributed by atoms with van der Waals surface area (Å²) in [5, 5.41) is 21.0. The second-order valence-electron chi connectivity index (χ2n) is 11.4. The molecular weight excluding hydrogens is 494 g/mol. The average Bonchev–Trinajstić information content (AvgIpc) is 2.77. The Balaban J connectivity index is 0. The van der Waals surface area contributed by atoms with Crippen LogP contribution in [0.1, 0.15) is 113 Å². The van der Waals surface area contributed by atoms with Crippen molar-refractivity contribution in [3.8, 4) is 11.5 Å². The molecule has 0 aliphatic rings. The van der Waals surface area contributed by atoms with E-state index in [1.54, 1.807) is 17.8 Å². The van der Waals surface area contributed by atoms with Crippen molar-refractivity contribution in [2.45, 2.75) is 121 Å². The van der Waals surface area contributed by atoms with Crippen molar-refractivity contribution in [2.24, 2.45) is 0 Å². The van der Waals surface area contributed by atoms with Crippen LogP contribution >= 0.6 is 23.5 Å². The molecule has 2 rings (SSSR count). The summed E-state index contributed by atoms with van der Waals surface area (Å²) in [4.78, 5) is 4.35. The van der Waals surface area contributed by atoms with Crippen molar-refractivity contribution in [3.05, 3.63) is 47.0 Å². The average molecular weight is 552 g/mol. The van der Waals surface area contributed by atoms with E-state index in [-0.39, 0.29) is 16.7 Å². The topological polar surface area (TPSA) is 43.7 Å². The Morgan fingerprint density at radius 1 is 0.676 bits per heavy atom. The van der Waals surface area contributed by atoms with Crippen LogP contribution in [0.5, 0.6) is 11.5 Å². The lowest BCUT2D eigenvalue weighted by Crippen LogP contribution is -2.13. The van der Waals surface area contributed by atoms with E-state index in [9.17, 15) is 10.2 Å². The van der Waals surface area contributed by atoms with E-state index in [1.807, 2.05) is 71.6 Å². The maximum Gasteiger partial charge on any atom is 0.122 e. The van der Waals surface area contributed by atoms with Crippen molar-refractivity contribution < 1.29 is 10.2 Å². The second kappa shape index (κ2) is 17.3. The van der Waals surface area contributed by atoms with Gasteiger partial charge in [-0.2, -0.15) is 0 Å². The minimum absolute atomic E-state index is 0.0955. The van der Waals surface area contributed by atoms with Crippen molar-refractivity contribution in [3.63, 3.8) is 0 Å². The number of benzene rings is 2. The quantitative estimate of drug-likeness (QED) is 0.286. The first-order valence-corrected chi connectivity index (χ1v) is 15.3. The highest BCUT2D eigenvalue weighted by Crippen LogP contribution is 2.43. The molecule has 0 aromatic heterocycles. The summed E-state index contributed by atoms with van der Waals surface area (Å²) >= 11 is 3.61. The number of hydrogen-bond donors (Lipinski definition) is 2. The molecule has 0 spiro atoms. The van der Waals surface area contributed by atoms with Gasteiger partial charge in [0.25, 0.3) is 0 Å². The van der Waals surface area contributed by atoms with E-state index in [2.05, 4.69) is 80.5 Å². The molecule has 2 aromatic carbocycles. The molecule has 0 fully saturated rings. The fourth-order valence-corrected chi connectivity index (χ4v) is 5.64. The number of phenols is 2. The summed E-state index contributed by atoms with van der Waals surface area (Å²) in [6.07, 6.45) is 0. The number of nitrogens with zero attached hydrogens (tertiary/aromatic N) is 1. The van der Waals surface area contributed by atoms with Gasteiger partial charge >= 0.3 is 0 Å². The molecule has 0 heterocycles. The smallest absolute Gasteiger partial charge is 0.122 e. The van der Waals surface area contributed by atoms with Gasteiger partial charge in [0.1, 0.15) is 11.5 Å². The Morgan fingerprint density at radius 3 is 1.49 bits per heavy atom. The minimum atomic E-state index is -0.112. The molecular formula is C32H57NO2S2. The Bertz CT molecular complexity index is 907. The Morgan fingerprint density at radius 2 is 1.08 bits per heavy atom. The van der Waals surface area contributed by atoms with Crippen LogP contribution in [0.4, 0.5) is 0 Å². The van der Waals surface area contributed by atoms with Crippen molar-refractivity contribution in [1.82, 2.24) is 4.90 Å². The number of phenolic OH excluding ortho intramolecular Hbond substituents is 2. The molecule has 0 saturated carbocycles. The Hall–Kier alpha value is -1.30. The molecule has 3 nitrogen and oxygen atoms in total. The van der Waals surface area contributed by atoms with Gasteiger partial charge in [0.05, 0.1) is 4.58 Å². The zero-order valence-electron chi connectivity index (χ0n) is 26.7. The number of aromatic hydroxyl groups is 2. The van der Waals surface area contributed by atoms with Crippen LogP contribution in [-0.2, 0) is 10.8 Å². The van der Waals surface area contributed by atoms with E-state index in [0.29, 0.717) is 16.1 Å². The van der Waals surface area contributed by atoms with E-state index < -0.39 is 0 Å². The number of rotatable bonds is 5. The number of hydrogen-bond acceptors (Lipinski definition) is 5. The van der Waals surface area contributed by atoms with Crippen LogP contribution in [0.15, 0.2) is 40.1 Å². The number of thioether (sulfide) groups is 2. The molecule has 37 heavy (non-hydrogen) atoms. The summed E-state index contributed by atoms with van der Waals surface area (Å²) in [5.41, 5.74) is 2.78. The third-order valence-electron chi connectivity index (χ3n) is 4.92. The highest BCUT2D eigenvalue weighted by molar-refractivity contribution is 8.17. The second-order valence-corrected chi connectivity index (χ2v) is 14.5. The predicted molar refractivity (Wildman–Crippen MR) is 171 cm³/mol. The fourth-order valence-electron chi connectivity index (χ4n) is 3.31. The van der Waals surface area contributed by atoms with Gasteiger partial charge in [-0.3, -0.25) is 0 Å². The molecule has 0 aliphatic carbocycles. The van der Waals surface area contributed by atoms with Crippen LogP contribution < -0.4 is 0 Å². The lowest BCUT2D eigenvalue weighted by atomic mass is 9.84. The molecule has 0 amide bonds. The molecule has 2 aromatic rings. The lowest BCUT2D eigenvalue weighted by molar-refractivity contribution is 0.436. The standard InChI is InChI=1S/C25H36O2S2.C3H9N.2C2H6/c1-15(2)19-12-18(14-21(23(19)27)25(7,8)9)29-16(3)28-17-10-11-22(26)20(13-17)24(4,5)6;1-4(2)3;2*1-2/h10-16,26-27H,1-9H3;1-3H3;2*1-2H3. The highest BCUT2D eigenvalue weighted by atomic mass is 32.2. The van der Waals surface area contributed by atoms with E-state index in [1.165, 1.54) is 4.90 Å². The summed E-state index contributed by atoms with van der Waals surface area (Å²) in [6.45, 7) is 27.2. The zero-order chi connectivity index (χ0) is 29.7. The first kappa shape index (κ1) is 37.9. The summed E-state index contributed by atoms with van der Waals surface area (Å²) in [6, 6.07) is 10.2. The van der Waals surface area contributed by atoms with Gasteiger partial charge in [-0.1, -0.05) is 83.1 Å². The molecule has 0 saturated heterocycles. The molecule has 2 N–H and O–H groups in total. The normalized spacial score (nSPS) is 12.1. The molecule has 214 valence electrons. The maximum absolute atomic E-state index is 10.8. The molecule has 5 heteroatoms. The van der Waals surface area contributed by atoms with Gasteiger partial charge in [-0.05, 0) is 80.7 Å². The molecule has 1 unspecified atom stereocenters. The third-order valence-corrected chi connectivity index (χ3v) is 7.20. The van der Waals surface area contributed by atoms with Crippen molar-refractivity contribution >= 4 is 23.5 Å². The van der Waals surface area contributed by atoms with Crippen LogP contribution in [-0.4, -0.2) is 40.8 Å². The summed E-state index contributed by atoms with van der Waals surface area (Å²) < 4.78 is 0.296. The van der Waals surface area contributed by atoms with Crippen LogP contribution in [0.3, 0.4) is 0 Å². The third kappa shape index (κ3) is 13.9. The zero-order valence-corrected chi connectivity index (χ0v) is 28.3. The van der Waals surface area contributed by atoms with Gasteiger partial charge in [-0.15, -0.1) is 23.5 Å². The molecule has 1 atom stereocenters. The minimum Gasteiger partial charge on any atom is -0.508 e. The first-order chi connectivity index (χ1) is 16.9. The molecule has 0 aliphatic heterocycles. The van der Waals surface area contributed by atoms with Crippen LogP contribution in [0, 0.1) is 0 Å². The van der Waals surface area contributed by atoms with Gasteiger partial charge in [-0.25, -0.2) is 0 Å². The maximum atomic E-state index is 10.8. The van der Waals surface area contributed by atoms with Gasteiger partial charge in [0.2, 0.25) is 0 Å². The van der Waals surface area contributed by atoms with Gasteiger partial charge in [0.15, 0.2) is 0 Å². The first-order valence-electron chi connectivity index (χ1n) is 13.6. The largest absolute Gasteiger partial charge is 0.508 e. The Labute approximate surface area is 238 Å². The van der Waals surface area contributed by atoms with Crippen LogP contribution in [0.2, 0.25) is 0 Å². The molecule has 0 radical (unpaired) electrons. The monoisotopic (exact) mass is 551 g/mol. The van der Waals surface area contributed by atoms with Gasteiger partial charge in [0, 0.05) is 20.9 Å². The summed E-state index contributed by atoms with van der Waals surface area (Å²) in [5.74, 6) is 1.06. The lowest BCUT2D eigenvalue weighted by Gasteiger charge is -2.25. The van der Waals surface area contributed by atoms with Crippen LogP contribution in [0.25, 0.3) is 0 Å². The Kier molecular flexibility index (Phi) is 17.7. The predicted octanol–water partition coefficient (Wildman–Crippen LogP) is 10.3. The summed E-state index contributed by atoms with van der Waals surface area (Å²) in [7, 11) is 6.00.